The van der Waals surface area contributed by atoms with Crippen molar-refractivity contribution in [2.24, 2.45) is 0 Å². The summed E-state index contributed by atoms with van der Waals surface area (Å²) in [6.45, 7) is 0. The molecule has 0 spiro atoms. The fourth-order valence-electron chi connectivity index (χ4n) is 1.45. The predicted molar refractivity (Wildman–Crippen MR) is 43.4 cm³/mol. The number of carboxylic acids is 1. The second kappa shape index (κ2) is 5.46. The molecule has 0 amide bonds. The smallest absolute Gasteiger partial charge is 0.460 e. The standard InChI is InChI=1S/C8HF15O2/c9-2(1(24)25,6(15,16)17)3(10,7(18,19)20)4(11,12)5(13,14)8(21,22)23/h(H,24,25). The van der Waals surface area contributed by atoms with Gasteiger partial charge in [0.05, 0.1) is 0 Å². The lowest BCUT2D eigenvalue weighted by Gasteiger charge is -2.44. The minimum atomic E-state index is -8.58. The molecule has 0 aliphatic carbocycles. The highest BCUT2D eigenvalue weighted by molar-refractivity contribution is 5.81. The average molecular weight is 414 g/mol. The highest BCUT2D eigenvalue weighted by Gasteiger charge is 2.97. The van der Waals surface area contributed by atoms with E-state index in [0.29, 0.717) is 0 Å². The number of alkyl halides is 15. The first-order valence-corrected chi connectivity index (χ1v) is 5.01. The summed E-state index contributed by atoms with van der Waals surface area (Å²) in [5, 5.41) is 7.80. The molecule has 0 aliphatic heterocycles. The molecule has 1 N–H and O–H groups in total. The summed E-state index contributed by atoms with van der Waals surface area (Å²) < 4.78 is 187. The zero-order chi connectivity index (χ0) is 21.1. The number of rotatable bonds is 4. The van der Waals surface area contributed by atoms with Crippen LogP contribution in [0.2, 0.25) is 0 Å². The topological polar surface area (TPSA) is 37.3 Å². The van der Waals surface area contributed by atoms with Crippen LogP contribution in [0.5, 0.6) is 0 Å². The van der Waals surface area contributed by atoms with Gasteiger partial charge in [0.1, 0.15) is 0 Å². The molecule has 0 fully saturated rings. The van der Waals surface area contributed by atoms with Crippen LogP contribution in [0.1, 0.15) is 0 Å². The Hall–Kier alpha value is -1.58. The van der Waals surface area contributed by atoms with Crippen LogP contribution in [-0.4, -0.2) is 52.8 Å². The van der Waals surface area contributed by atoms with E-state index >= 15 is 0 Å². The summed E-state index contributed by atoms with van der Waals surface area (Å²) in [5.41, 5.74) is -16.5. The van der Waals surface area contributed by atoms with E-state index in [0.717, 1.165) is 0 Å². The molecule has 0 aromatic carbocycles. The van der Waals surface area contributed by atoms with Crippen LogP contribution in [0.25, 0.3) is 0 Å². The van der Waals surface area contributed by atoms with Crippen LogP contribution >= 0.6 is 0 Å². The van der Waals surface area contributed by atoms with Crippen LogP contribution in [0.4, 0.5) is 65.9 Å². The van der Waals surface area contributed by atoms with Crippen molar-refractivity contribution in [3.05, 3.63) is 0 Å². The number of hydrogen-bond donors (Lipinski definition) is 1. The molecule has 0 radical (unpaired) electrons. The molecule has 25 heavy (non-hydrogen) atoms. The van der Waals surface area contributed by atoms with Gasteiger partial charge in [-0.3, -0.25) is 0 Å². The van der Waals surface area contributed by atoms with Crippen molar-refractivity contribution in [1.82, 2.24) is 0 Å². The van der Waals surface area contributed by atoms with Crippen molar-refractivity contribution in [3.63, 3.8) is 0 Å². The predicted octanol–water partition coefficient (Wildman–Crippen LogP) is 4.45. The van der Waals surface area contributed by atoms with E-state index in [1.165, 1.54) is 0 Å². The molecule has 2 nitrogen and oxygen atoms in total. The fourth-order valence-corrected chi connectivity index (χ4v) is 1.45. The molecular weight excluding hydrogens is 413 g/mol. The van der Waals surface area contributed by atoms with Gasteiger partial charge >= 0.3 is 47.7 Å². The molecule has 0 aliphatic rings. The molecule has 0 aromatic rings. The Morgan fingerprint density at radius 2 is 0.840 bits per heavy atom. The van der Waals surface area contributed by atoms with Crippen LogP contribution < -0.4 is 0 Å². The van der Waals surface area contributed by atoms with Gasteiger partial charge in [0.25, 0.3) is 0 Å². The quantitative estimate of drug-likeness (QED) is 0.691. The van der Waals surface area contributed by atoms with Crippen molar-refractivity contribution in [2.75, 3.05) is 0 Å². The molecule has 0 rings (SSSR count). The number of carboxylic acid groups (broad SMARTS) is 1. The van der Waals surface area contributed by atoms with Gasteiger partial charge in [0.2, 0.25) is 0 Å². The van der Waals surface area contributed by atoms with E-state index in [4.69, 9.17) is 5.11 Å². The van der Waals surface area contributed by atoms with E-state index in [1.54, 1.807) is 0 Å². The van der Waals surface area contributed by atoms with Crippen LogP contribution in [0.3, 0.4) is 0 Å². The number of carbonyl (C=O) groups is 1. The molecule has 0 heterocycles. The second-order valence-corrected chi connectivity index (χ2v) is 4.26. The first-order valence-electron chi connectivity index (χ1n) is 5.01. The maximum atomic E-state index is 13.6. The first-order chi connectivity index (χ1) is 10.4. The monoisotopic (exact) mass is 414 g/mol. The molecule has 0 saturated heterocycles. The molecule has 150 valence electrons. The molecule has 2 atom stereocenters. The number of halogens is 15. The third-order valence-corrected chi connectivity index (χ3v) is 2.73. The fraction of sp³-hybridized carbons (Fsp3) is 0.875. The van der Waals surface area contributed by atoms with E-state index in [-0.39, 0.29) is 0 Å². The van der Waals surface area contributed by atoms with Crippen LogP contribution in [-0.2, 0) is 4.79 Å². The average Bonchev–Trinajstić information content (AvgIpc) is 2.31. The SMILES string of the molecule is O=C(O)C(F)(C(F)(F)F)C(F)(C(F)(F)F)C(F)(F)C(F)(F)C(F)(F)F. The summed E-state index contributed by atoms with van der Waals surface area (Å²) in [7, 11) is 0. The third kappa shape index (κ3) is 2.74. The van der Waals surface area contributed by atoms with E-state index < -0.39 is 47.7 Å². The largest absolute Gasteiger partial charge is 0.479 e. The van der Waals surface area contributed by atoms with Gasteiger partial charge in [0.15, 0.2) is 0 Å². The van der Waals surface area contributed by atoms with Gasteiger partial charge in [-0.05, 0) is 0 Å². The molecule has 17 heteroatoms. The lowest BCUT2D eigenvalue weighted by molar-refractivity contribution is -0.443. The maximum Gasteiger partial charge on any atom is 0.460 e. The Morgan fingerprint density at radius 1 is 0.520 bits per heavy atom. The minimum absolute atomic E-state index is 4.77. The van der Waals surface area contributed by atoms with Gasteiger partial charge in [-0.1, -0.05) is 0 Å². The number of hydrogen-bond acceptors (Lipinski definition) is 1. The Labute approximate surface area is 125 Å². The maximum absolute atomic E-state index is 13.6. The Bertz CT molecular complexity index is 527. The second-order valence-electron chi connectivity index (χ2n) is 4.26. The molecule has 0 aromatic heterocycles. The lowest BCUT2D eigenvalue weighted by atomic mass is 9.76. The lowest BCUT2D eigenvalue weighted by Crippen LogP contribution is -2.79. The van der Waals surface area contributed by atoms with Gasteiger partial charge in [-0.2, -0.15) is 57.1 Å². The molecular formula is C8HF15O2. The Morgan fingerprint density at radius 3 is 1.00 bits per heavy atom. The van der Waals surface area contributed by atoms with E-state index in [9.17, 15) is 70.7 Å². The molecule has 0 saturated carbocycles. The normalized spacial score (nSPS) is 20.0. The Balaban J connectivity index is 7.23. The van der Waals surface area contributed by atoms with Crippen molar-refractivity contribution < 1.29 is 75.8 Å². The van der Waals surface area contributed by atoms with Crippen molar-refractivity contribution >= 4 is 5.97 Å². The first kappa shape index (κ1) is 23.4. The van der Waals surface area contributed by atoms with Crippen molar-refractivity contribution in [1.29, 1.82) is 0 Å². The van der Waals surface area contributed by atoms with Crippen molar-refractivity contribution in [2.45, 2.75) is 41.7 Å². The van der Waals surface area contributed by atoms with E-state index in [1.807, 2.05) is 0 Å². The van der Waals surface area contributed by atoms with Gasteiger partial charge in [-0.15, -0.1) is 0 Å². The van der Waals surface area contributed by atoms with Crippen LogP contribution in [0.15, 0.2) is 0 Å². The summed E-state index contributed by atoms with van der Waals surface area (Å²) >= 11 is 0. The summed E-state index contributed by atoms with van der Waals surface area (Å²) in [6.07, 6.45) is -23.8. The van der Waals surface area contributed by atoms with Crippen molar-refractivity contribution in [3.8, 4) is 0 Å². The molecule has 0 bridgehead atoms. The zero-order valence-electron chi connectivity index (χ0n) is 10.5. The summed E-state index contributed by atoms with van der Waals surface area (Å²) in [6, 6.07) is 0. The summed E-state index contributed by atoms with van der Waals surface area (Å²) in [5.74, 6) is -21.6. The van der Waals surface area contributed by atoms with Gasteiger partial charge in [0, 0.05) is 0 Å². The minimum Gasteiger partial charge on any atom is -0.479 e. The highest BCUT2D eigenvalue weighted by atomic mass is 19.4. The van der Waals surface area contributed by atoms with Gasteiger partial charge in [-0.25, -0.2) is 13.6 Å². The van der Waals surface area contributed by atoms with Gasteiger partial charge < -0.3 is 5.11 Å². The summed E-state index contributed by atoms with van der Waals surface area (Å²) in [4.78, 5) is 10.1. The Kier molecular flexibility index (Phi) is 5.11. The number of aliphatic carboxylic acids is 1. The molecule has 2 unspecified atom stereocenters. The zero-order valence-corrected chi connectivity index (χ0v) is 10.5. The van der Waals surface area contributed by atoms with E-state index in [2.05, 4.69) is 0 Å². The highest BCUT2D eigenvalue weighted by Crippen LogP contribution is 2.64. The third-order valence-electron chi connectivity index (χ3n) is 2.73. The van der Waals surface area contributed by atoms with Crippen LogP contribution in [0, 0.1) is 0 Å².